The topological polar surface area (TPSA) is 87.1 Å². The van der Waals surface area contributed by atoms with Gasteiger partial charge in [-0.3, -0.25) is 4.79 Å². The third-order valence-electron chi connectivity index (χ3n) is 4.42. The SMILES string of the molecule is O=C(OCc1ccccc1)N1CC(O)(C2(C(=O)O)CC2)C1. The maximum Gasteiger partial charge on any atom is 0.410 e. The van der Waals surface area contributed by atoms with Gasteiger partial charge in [-0.1, -0.05) is 30.3 Å². The van der Waals surface area contributed by atoms with E-state index in [2.05, 4.69) is 0 Å². The van der Waals surface area contributed by atoms with Crippen LogP contribution in [0.25, 0.3) is 0 Å². The van der Waals surface area contributed by atoms with Gasteiger partial charge in [0.1, 0.15) is 12.2 Å². The number of rotatable bonds is 4. The van der Waals surface area contributed by atoms with Crippen molar-refractivity contribution < 1.29 is 24.5 Å². The zero-order chi connectivity index (χ0) is 15.1. The van der Waals surface area contributed by atoms with E-state index >= 15 is 0 Å². The molecule has 1 saturated carbocycles. The van der Waals surface area contributed by atoms with E-state index in [9.17, 15) is 19.8 Å². The molecular weight excluding hydrogens is 274 g/mol. The standard InChI is InChI=1S/C15H17NO5/c17-12(18)14(6-7-14)15(20)9-16(10-15)13(19)21-8-11-4-2-1-3-5-11/h1-5,20H,6-10H2,(H,17,18). The molecule has 3 rings (SSSR count). The molecule has 1 aliphatic heterocycles. The van der Waals surface area contributed by atoms with Crippen LogP contribution in [0, 0.1) is 5.41 Å². The average molecular weight is 291 g/mol. The van der Waals surface area contributed by atoms with Crippen molar-refractivity contribution in [1.29, 1.82) is 0 Å². The summed E-state index contributed by atoms with van der Waals surface area (Å²) in [5, 5.41) is 19.5. The minimum Gasteiger partial charge on any atom is -0.481 e. The minimum atomic E-state index is -1.31. The van der Waals surface area contributed by atoms with E-state index in [0.717, 1.165) is 5.56 Å². The van der Waals surface area contributed by atoms with Crippen LogP contribution in [-0.2, 0) is 16.1 Å². The first-order valence-electron chi connectivity index (χ1n) is 6.88. The zero-order valence-electron chi connectivity index (χ0n) is 11.5. The van der Waals surface area contributed by atoms with Crippen molar-refractivity contribution in [3.05, 3.63) is 35.9 Å². The summed E-state index contributed by atoms with van der Waals surface area (Å²) in [6, 6.07) is 9.29. The lowest BCUT2D eigenvalue weighted by molar-refractivity contribution is -0.174. The van der Waals surface area contributed by atoms with Crippen molar-refractivity contribution in [1.82, 2.24) is 4.90 Å². The first kappa shape index (κ1) is 13.9. The molecule has 1 amide bonds. The number of aliphatic hydroxyl groups is 1. The van der Waals surface area contributed by atoms with Crippen molar-refractivity contribution in [2.45, 2.75) is 25.0 Å². The number of carboxylic acids is 1. The quantitative estimate of drug-likeness (QED) is 0.871. The molecule has 2 N–H and O–H groups in total. The number of carbonyl (C=O) groups excluding carboxylic acids is 1. The number of carbonyl (C=O) groups is 2. The number of benzene rings is 1. The Morgan fingerprint density at radius 3 is 2.33 bits per heavy atom. The number of β-amino-alcohol motifs (C(OH)–C–C–N with tert-alkyl or cyclic N) is 1. The molecule has 1 aliphatic carbocycles. The second-order valence-corrected chi connectivity index (χ2v) is 5.82. The van der Waals surface area contributed by atoms with E-state index in [-0.39, 0.29) is 19.7 Å². The Morgan fingerprint density at radius 2 is 1.81 bits per heavy atom. The first-order chi connectivity index (χ1) is 9.97. The van der Waals surface area contributed by atoms with Gasteiger partial charge in [0.25, 0.3) is 0 Å². The van der Waals surface area contributed by atoms with Gasteiger partial charge in [-0.25, -0.2) is 4.79 Å². The molecule has 0 radical (unpaired) electrons. The Kier molecular flexibility index (Phi) is 3.13. The lowest BCUT2D eigenvalue weighted by Crippen LogP contribution is -2.69. The molecule has 1 saturated heterocycles. The molecule has 2 aliphatic rings. The summed E-state index contributed by atoms with van der Waals surface area (Å²) in [4.78, 5) is 24.4. The molecule has 1 heterocycles. The van der Waals surface area contributed by atoms with E-state index in [4.69, 9.17) is 4.74 Å². The molecule has 112 valence electrons. The van der Waals surface area contributed by atoms with Crippen LogP contribution in [0.15, 0.2) is 30.3 Å². The summed E-state index contributed by atoms with van der Waals surface area (Å²) in [7, 11) is 0. The molecule has 0 aromatic heterocycles. The maximum atomic E-state index is 11.8. The number of carboxylic acid groups (broad SMARTS) is 1. The fourth-order valence-electron chi connectivity index (χ4n) is 2.83. The summed E-state index contributed by atoms with van der Waals surface area (Å²) in [5.41, 5.74) is -1.50. The van der Waals surface area contributed by atoms with Gasteiger partial charge in [0.2, 0.25) is 0 Å². The normalized spacial score (nSPS) is 21.3. The van der Waals surface area contributed by atoms with Gasteiger partial charge in [0.05, 0.1) is 18.5 Å². The van der Waals surface area contributed by atoms with Crippen LogP contribution in [-0.4, -0.2) is 45.9 Å². The minimum absolute atomic E-state index is 0.0208. The van der Waals surface area contributed by atoms with E-state index in [0.29, 0.717) is 12.8 Å². The number of likely N-dealkylation sites (tertiary alicyclic amines) is 1. The van der Waals surface area contributed by atoms with Crippen LogP contribution in [0.5, 0.6) is 0 Å². The monoisotopic (exact) mass is 291 g/mol. The van der Waals surface area contributed by atoms with Crippen molar-refractivity contribution >= 4 is 12.1 Å². The highest BCUT2D eigenvalue weighted by Gasteiger charge is 2.69. The third-order valence-corrected chi connectivity index (χ3v) is 4.42. The van der Waals surface area contributed by atoms with Gasteiger partial charge < -0.3 is 19.8 Å². The van der Waals surface area contributed by atoms with Crippen LogP contribution in [0.2, 0.25) is 0 Å². The summed E-state index contributed by atoms with van der Waals surface area (Å²) >= 11 is 0. The first-order valence-corrected chi connectivity index (χ1v) is 6.88. The second kappa shape index (κ2) is 4.73. The van der Waals surface area contributed by atoms with Gasteiger partial charge in [0.15, 0.2) is 0 Å². The summed E-state index contributed by atoms with van der Waals surface area (Å²) in [6.45, 7) is 0.207. The summed E-state index contributed by atoms with van der Waals surface area (Å²) in [5.74, 6) is -0.984. The molecule has 0 bridgehead atoms. The Morgan fingerprint density at radius 1 is 1.19 bits per heavy atom. The van der Waals surface area contributed by atoms with Gasteiger partial charge in [-0.2, -0.15) is 0 Å². The summed E-state index contributed by atoms with van der Waals surface area (Å²) in [6.07, 6.45) is 0.405. The molecule has 0 unspecified atom stereocenters. The molecule has 1 aromatic rings. The number of aliphatic carboxylic acids is 1. The van der Waals surface area contributed by atoms with Crippen LogP contribution < -0.4 is 0 Å². The number of nitrogens with zero attached hydrogens (tertiary/aromatic N) is 1. The van der Waals surface area contributed by atoms with E-state index in [1.54, 1.807) is 0 Å². The predicted molar refractivity (Wildman–Crippen MR) is 72.5 cm³/mol. The van der Waals surface area contributed by atoms with Crippen molar-refractivity contribution in [3.63, 3.8) is 0 Å². The van der Waals surface area contributed by atoms with Crippen molar-refractivity contribution in [2.75, 3.05) is 13.1 Å². The Bertz CT molecular complexity index is 561. The van der Waals surface area contributed by atoms with Gasteiger partial charge in [0, 0.05) is 0 Å². The lowest BCUT2D eigenvalue weighted by atomic mass is 9.78. The van der Waals surface area contributed by atoms with Gasteiger partial charge in [-0.15, -0.1) is 0 Å². The molecular formula is C15H17NO5. The fourth-order valence-corrected chi connectivity index (χ4v) is 2.83. The predicted octanol–water partition coefficient (Wildman–Crippen LogP) is 1.23. The highest BCUT2D eigenvalue weighted by molar-refractivity contribution is 5.81. The average Bonchev–Trinajstić information content (AvgIpc) is 3.24. The molecule has 0 atom stereocenters. The molecule has 6 heteroatoms. The zero-order valence-corrected chi connectivity index (χ0v) is 11.5. The van der Waals surface area contributed by atoms with Crippen LogP contribution in [0.3, 0.4) is 0 Å². The lowest BCUT2D eigenvalue weighted by Gasteiger charge is -2.48. The van der Waals surface area contributed by atoms with E-state index in [1.807, 2.05) is 30.3 Å². The molecule has 2 fully saturated rings. The van der Waals surface area contributed by atoms with E-state index in [1.165, 1.54) is 4.90 Å². The van der Waals surface area contributed by atoms with Crippen LogP contribution >= 0.6 is 0 Å². The molecule has 21 heavy (non-hydrogen) atoms. The third kappa shape index (κ3) is 2.25. The van der Waals surface area contributed by atoms with Gasteiger partial charge >= 0.3 is 12.1 Å². The van der Waals surface area contributed by atoms with Crippen molar-refractivity contribution in [2.24, 2.45) is 5.41 Å². The highest BCUT2D eigenvalue weighted by Crippen LogP contribution is 2.57. The highest BCUT2D eigenvalue weighted by atomic mass is 16.6. The number of amides is 1. The largest absolute Gasteiger partial charge is 0.481 e. The fraction of sp³-hybridized carbons (Fsp3) is 0.467. The van der Waals surface area contributed by atoms with Crippen LogP contribution in [0.4, 0.5) is 4.79 Å². The van der Waals surface area contributed by atoms with Crippen molar-refractivity contribution in [3.8, 4) is 0 Å². The second-order valence-electron chi connectivity index (χ2n) is 5.82. The van der Waals surface area contributed by atoms with Crippen LogP contribution in [0.1, 0.15) is 18.4 Å². The smallest absolute Gasteiger partial charge is 0.410 e. The Labute approximate surface area is 121 Å². The number of hydrogen-bond acceptors (Lipinski definition) is 4. The molecule has 0 spiro atoms. The Hall–Kier alpha value is -2.08. The number of hydrogen-bond donors (Lipinski definition) is 2. The Balaban J connectivity index is 1.52. The number of ether oxygens (including phenoxy) is 1. The summed E-state index contributed by atoms with van der Waals surface area (Å²) < 4.78 is 5.15. The molecule has 1 aromatic carbocycles. The maximum absolute atomic E-state index is 11.8. The van der Waals surface area contributed by atoms with Gasteiger partial charge in [-0.05, 0) is 18.4 Å². The van der Waals surface area contributed by atoms with E-state index < -0.39 is 23.1 Å². The molecule has 6 nitrogen and oxygen atoms in total.